The zero-order chi connectivity index (χ0) is 12.8. The van der Waals surface area contributed by atoms with Gasteiger partial charge in [-0.25, -0.2) is 4.99 Å². The Labute approximate surface area is 115 Å². The molecule has 2 heterocycles. The van der Waals surface area contributed by atoms with Crippen LogP contribution in [-0.4, -0.2) is 47.5 Å². The summed E-state index contributed by atoms with van der Waals surface area (Å²) < 4.78 is 0. The minimum Gasteiger partial charge on any atom is -0.355 e. The molecule has 0 spiro atoms. The van der Waals surface area contributed by atoms with Gasteiger partial charge in [0.15, 0.2) is 0 Å². The standard InChI is InChI=1S/C15H24N4/c16-13-3-5-18(9-13)15-4-6-19(10-17-15)14-8-11-1-2-12(14)7-11/h4,6,11-14H,1-3,5,7-10,16H2/t11?,12?,13-,14?/m0/s1. The first kappa shape index (κ1) is 11.8. The molecule has 19 heavy (non-hydrogen) atoms. The van der Waals surface area contributed by atoms with Crippen molar-refractivity contribution in [2.24, 2.45) is 22.6 Å². The second-order valence-electron chi connectivity index (χ2n) is 6.72. The third kappa shape index (κ3) is 2.06. The molecule has 4 atom stereocenters. The number of fused-ring (bicyclic) bond motifs is 2. The van der Waals surface area contributed by atoms with Crippen molar-refractivity contribution in [2.45, 2.75) is 44.2 Å². The van der Waals surface area contributed by atoms with Gasteiger partial charge in [0.2, 0.25) is 0 Å². The molecule has 0 amide bonds. The van der Waals surface area contributed by atoms with Crippen molar-refractivity contribution in [3.63, 3.8) is 0 Å². The summed E-state index contributed by atoms with van der Waals surface area (Å²) in [5, 5.41) is 0. The molecule has 1 saturated heterocycles. The van der Waals surface area contributed by atoms with Crippen LogP contribution >= 0.6 is 0 Å². The van der Waals surface area contributed by atoms with E-state index in [0.29, 0.717) is 6.04 Å². The van der Waals surface area contributed by atoms with Crippen molar-refractivity contribution in [2.75, 3.05) is 19.8 Å². The molecule has 4 rings (SSSR count). The molecule has 2 aliphatic heterocycles. The molecule has 2 aliphatic carbocycles. The van der Waals surface area contributed by atoms with E-state index in [1.165, 1.54) is 25.7 Å². The van der Waals surface area contributed by atoms with Crippen molar-refractivity contribution in [1.82, 2.24) is 9.80 Å². The van der Waals surface area contributed by atoms with Crippen LogP contribution in [0.25, 0.3) is 0 Å². The molecule has 0 aromatic heterocycles. The highest BCUT2D eigenvalue weighted by molar-refractivity contribution is 5.93. The summed E-state index contributed by atoms with van der Waals surface area (Å²) in [6, 6.07) is 1.10. The number of hydrogen-bond acceptors (Lipinski definition) is 4. The van der Waals surface area contributed by atoms with Crippen LogP contribution in [0.3, 0.4) is 0 Å². The molecular formula is C15H24N4. The molecule has 3 fully saturated rings. The van der Waals surface area contributed by atoms with Crippen LogP contribution in [0, 0.1) is 11.8 Å². The van der Waals surface area contributed by atoms with Crippen molar-refractivity contribution in [1.29, 1.82) is 0 Å². The predicted octanol–water partition coefficient (Wildman–Crippen LogP) is 1.39. The Bertz CT molecular complexity index is 416. The molecule has 0 radical (unpaired) electrons. The second-order valence-corrected chi connectivity index (χ2v) is 6.72. The maximum absolute atomic E-state index is 5.97. The van der Waals surface area contributed by atoms with Gasteiger partial charge in [-0.3, -0.25) is 0 Å². The van der Waals surface area contributed by atoms with Gasteiger partial charge >= 0.3 is 0 Å². The minimum atomic E-state index is 0.333. The monoisotopic (exact) mass is 260 g/mol. The number of rotatable bonds is 1. The Morgan fingerprint density at radius 3 is 2.74 bits per heavy atom. The number of nitrogens with two attached hydrogens (primary N) is 1. The lowest BCUT2D eigenvalue weighted by Gasteiger charge is -2.35. The molecule has 0 aromatic carbocycles. The van der Waals surface area contributed by atoms with Gasteiger partial charge in [-0.05, 0) is 43.6 Å². The molecule has 2 saturated carbocycles. The van der Waals surface area contributed by atoms with E-state index in [1.54, 1.807) is 0 Å². The maximum Gasteiger partial charge on any atom is 0.127 e. The fraction of sp³-hybridized carbons (Fsp3) is 0.800. The van der Waals surface area contributed by atoms with Gasteiger partial charge in [0.25, 0.3) is 0 Å². The lowest BCUT2D eigenvalue weighted by atomic mass is 9.94. The summed E-state index contributed by atoms with van der Waals surface area (Å²) in [6.45, 7) is 2.89. The molecular weight excluding hydrogens is 236 g/mol. The number of nitrogens with zero attached hydrogens (tertiary/aromatic N) is 3. The van der Waals surface area contributed by atoms with Gasteiger partial charge in [-0.15, -0.1) is 0 Å². The maximum atomic E-state index is 5.97. The van der Waals surface area contributed by atoms with Gasteiger partial charge in [0.05, 0.1) is 0 Å². The molecule has 104 valence electrons. The largest absolute Gasteiger partial charge is 0.355 e. The first-order valence-electron chi connectivity index (χ1n) is 7.78. The molecule has 4 heteroatoms. The van der Waals surface area contributed by atoms with E-state index >= 15 is 0 Å². The number of amidine groups is 1. The SMILES string of the molecule is N[C@H]1CCN(C2=NCN(C3CC4CCC3C4)C=C2)C1. The lowest BCUT2D eigenvalue weighted by molar-refractivity contribution is 0.203. The second kappa shape index (κ2) is 4.51. The van der Waals surface area contributed by atoms with Gasteiger partial charge in [-0.2, -0.15) is 0 Å². The first-order valence-corrected chi connectivity index (χ1v) is 7.78. The number of hydrogen-bond donors (Lipinski definition) is 1. The average molecular weight is 260 g/mol. The van der Waals surface area contributed by atoms with E-state index in [0.717, 1.165) is 49.9 Å². The quantitative estimate of drug-likeness (QED) is 0.775. The fourth-order valence-corrected chi connectivity index (χ4v) is 4.45. The summed E-state index contributed by atoms with van der Waals surface area (Å²) in [7, 11) is 0. The molecule has 4 aliphatic rings. The third-order valence-corrected chi connectivity index (χ3v) is 5.49. The summed E-state index contributed by atoms with van der Waals surface area (Å²) in [5.41, 5.74) is 5.97. The van der Waals surface area contributed by atoms with Gasteiger partial charge in [0.1, 0.15) is 12.5 Å². The van der Waals surface area contributed by atoms with Crippen molar-refractivity contribution in [3.8, 4) is 0 Å². The van der Waals surface area contributed by atoms with Crippen LogP contribution in [-0.2, 0) is 0 Å². The van der Waals surface area contributed by atoms with Gasteiger partial charge < -0.3 is 15.5 Å². The zero-order valence-electron chi connectivity index (χ0n) is 11.5. The fourth-order valence-electron chi connectivity index (χ4n) is 4.45. The highest BCUT2D eigenvalue weighted by atomic mass is 15.3. The highest BCUT2D eigenvalue weighted by Crippen LogP contribution is 2.46. The Balaban J connectivity index is 1.39. The molecule has 3 unspecified atom stereocenters. The van der Waals surface area contributed by atoms with Gasteiger partial charge in [-0.1, -0.05) is 6.42 Å². The summed E-state index contributed by atoms with van der Waals surface area (Å²) in [5.74, 6) is 3.09. The topological polar surface area (TPSA) is 44.9 Å². The van der Waals surface area contributed by atoms with E-state index in [4.69, 9.17) is 10.7 Å². The van der Waals surface area contributed by atoms with E-state index in [1.807, 2.05) is 0 Å². The van der Waals surface area contributed by atoms with E-state index in [-0.39, 0.29) is 0 Å². The van der Waals surface area contributed by atoms with Crippen LogP contribution in [0.15, 0.2) is 17.3 Å². The molecule has 0 aromatic rings. The predicted molar refractivity (Wildman–Crippen MR) is 76.7 cm³/mol. The summed E-state index contributed by atoms with van der Waals surface area (Å²) >= 11 is 0. The Hall–Kier alpha value is -1.03. The molecule has 4 nitrogen and oxygen atoms in total. The van der Waals surface area contributed by atoms with Gasteiger partial charge in [0, 0.05) is 31.4 Å². The summed E-state index contributed by atoms with van der Waals surface area (Å²) in [6.07, 6.45) is 11.4. The average Bonchev–Trinajstić information content (AvgIpc) is 3.14. The lowest BCUT2D eigenvalue weighted by Crippen LogP contribution is -2.39. The van der Waals surface area contributed by atoms with E-state index in [9.17, 15) is 0 Å². The smallest absolute Gasteiger partial charge is 0.127 e. The van der Waals surface area contributed by atoms with Crippen LogP contribution in [0.1, 0.15) is 32.1 Å². The highest BCUT2D eigenvalue weighted by Gasteiger charge is 2.41. The van der Waals surface area contributed by atoms with Crippen LogP contribution in [0.4, 0.5) is 0 Å². The Kier molecular flexibility index (Phi) is 2.79. The molecule has 2 N–H and O–H groups in total. The minimum absolute atomic E-state index is 0.333. The van der Waals surface area contributed by atoms with E-state index in [2.05, 4.69) is 22.1 Å². The Morgan fingerprint density at radius 1 is 1.21 bits per heavy atom. The van der Waals surface area contributed by atoms with Crippen LogP contribution in [0.5, 0.6) is 0 Å². The molecule has 2 bridgehead atoms. The first-order chi connectivity index (χ1) is 9.29. The number of aliphatic imine (C=N–C) groups is 1. The van der Waals surface area contributed by atoms with Crippen molar-refractivity contribution < 1.29 is 0 Å². The zero-order valence-corrected chi connectivity index (χ0v) is 11.5. The number of likely N-dealkylation sites (tertiary alicyclic amines) is 1. The van der Waals surface area contributed by atoms with Crippen LogP contribution in [0.2, 0.25) is 0 Å². The van der Waals surface area contributed by atoms with Crippen molar-refractivity contribution in [3.05, 3.63) is 12.3 Å². The summed E-state index contributed by atoms with van der Waals surface area (Å²) in [4.78, 5) is 9.59. The third-order valence-electron chi connectivity index (χ3n) is 5.49. The Morgan fingerprint density at radius 2 is 2.16 bits per heavy atom. The van der Waals surface area contributed by atoms with Crippen molar-refractivity contribution >= 4 is 5.84 Å². The normalized spacial score (nSPS) is 41.2. The van der Waals surface area contributed by atoms with E-state index < -0.39 is 0 Å². The van der Waals surface area contributed by atoms with Crippen LogP contribution < -0.4 is 5.73 Å².